The van der Waals surface area contributed by atoms with Gasteiger partial charge >= 0.3 is 6.03 Å². The number of para-hydroxylation sites is 3. The largest absolute Gasteiger partial charge is 0.492 e. The van der Waals surface area contributed by atoms with Crippen LogP contribution in [0.3, 0.4) is 0 Å². The minimum atomic E-state index is -0.185. The number of hydrogen-bond acceptors (Lipinski definition) is 6. The van der Waals surface area contributed by atoms with Crippen molar-refractivity contribution in [1.82, 2.24) is 19.8 Å². The quantitative estimate of drug-likeness (QED) is 0.616. The number of nitrogens with one attached hydrogen (secondary N) is 1. The molecular weight excluding hydrogens is 394 g/mol. The summed E-state index contributed by atoms with van der Waals surface area (Å²) in [7, 11) is 0. The lowest BCUT2D eigenvalue weighted by atomic mass is 10.2. The molecule has 0 bridgehead atoms. The van der Waals surface area contributed by atoms with Crippen LogP contribution in [-0.4, -0.2) is 79.1 Å². The maximum atomic E-state index is 13.1. The van der Waals surface area contributed by atoms with E-state index in [1.165, 1.54) is 0 Å². The van der Waals surface area contributed by atoms with Gasteiger partial charge in [-0.1, -0.05) is 30.3 Å². The number of carbonyl (C=O) groups is 1. The smallest absolute Gasteiger partial charge is 0.329 e. The molecule has 2 saturated heterocycles. The van der Waals surface area contributed by atoms with E-state index in [9.17, 15) is 4.79 Å². The average Bonchev–Trinajstić information content (AvgIpc) is 3.16. The van der Waals surface area contributed by atoms with E-state index in [1.54, 1.807) is 4.57 Å². The van der Waals surface area contributed by atoms with Crippen LogP contribution in [0.2, 0.25) is 0 Å². The van der Waals surface area contributed by atoms with Crippen LogP contribution >= 0.6 is 0 Å². The number of carbonyl (C=O) groups excluding carboxylic acids is 1. The minimum Gasteiger partial charge on any atom is -0.492 e. The summed E-state index contributed by atoms with van der Waals surface area (Å²) >= 11 is 0. The van der Waals surface area contributed by atoms with Crippen LogP contribution in [0.25, 0.3) is 11.0 Å². The third kappa shape index (κ3) is 4.22. The standard InChI is InChI=1S/C23H27N5O3/c29-23(24-10-15-31-19-6-2-1-3-7-19)28-21-9-5-4-8-20(21)25-22(28)27-13-11-26(12-14-27)18-16-30-17-18/h1-9,18H,10-17H2,(H,24,29). The summed E-state index contributed by atoms with van der Waals surface area (Å²) in [5.74, 6) is 1.49. The number of hydrogen-bond donors (Lipinski definition) is 1. The van der Waals surface area contributed by atoms with Gasteiger partial charge in [-0.2, -0.15) is 0 Å². The van der Waals surface area contributed by atoms with Gasteiger partial charge in [0.25, 0.3) is 0 Å². The van der Waals surface area contributed by atoms with Gasteiger partial charge in [0.1, 0.15) is 12.4 Å². The highest BCUT2D eigenvalue weighted by Gasteiger charge is 2.31. The number of aromatic nitrogens is 2. The van der Waals surface area contributed by atoms with Crippen LogP contribution in [0.15, 0.2) is 54.6 Å². The molecule has 3 aromatic rings. The number of anilines is 1. The van der Waals surface area contributed by atoms with Crippen molar-refractivity contribution in [3.8, 4) is 5.75 Å². The second-order valence-corrected chi connectivity index (χ2v) is 7.84. The normalized spacial score (nSPS) is 17.5. The fraction of sp³-hybridized carbons (Fsp3) is 0.391. The van der Waals surface area contributed by atoms with E-state index in [0.29, 0.717) is 25.1 Å². The molecule has 31 heavy (non-hydrogen) atoms. The number of rotatable bonds is 6. The van der Waals surface area contributed by atoms with E-state index < -0.39 is 0 Å². The number of imidazole rings is 1. The van der Waals surface area contributed by atoms with E-state index in [2.05, 4.69) is 15.1 Å². The molecule has 162 valence electrons. The number of fused-ring (bicyclic) bond motifs is 1. The van der Waals surface area contributed by atoms with Crippen LogP contribution in [0.5, 0.6) is 5.75 Å². The zero-order chi connectivity index (χ0) is 21.0. The predicted octanol–water partition coefficient (Wildman–Crippen LogP) is 2.19. The van der Waals surface area contributed by atoms with Crippen molar-refractivity contribution in [3.05, 3.63) is 54.6 Å². The Balaban J connectivity index is 1.27. The number of amides is 1. The topological polar surface area (TPSA) is 71.9 Å². The summed E-state index contributed by atoms with van der Waals surface area (Å²) in [6.45, 7) is 6.04. The Hall–Kier alpha value is -3.10. The fourth-order valence-electron chi connectivity index (χ4n) is 4.07. The van der Waals surface area contributed by atoms with Gasteiger partial charge in [-0.05, 0) is 24.3 Å². The van der Waals surface area contributed by atoms with Gasteiger partial charge < -0.3 is 19.7 Å². The number of piperazine rings is 1. The SMILES string of the molecule is O=C(NCCOc1ccccc1)n1c(N2CCN(C3COC3)CC2)nc2ccccc21. The molecule has 2 aliphatic rings. The number of ether oxygens (including phenoxy) is 2. The first-order valence-corrected chi connectivity index (χ1v) is 10.8. The Morgan fingerprint density at radius 1 is 1.03 bits per heavy atom. The molecule has 8 heteroatoms. The molecule has 2 fully saturated rings. The Kier molecular flexibility index (Phi) is 5.73. The lowest BCUT2D eigenvalue weighted by molar-refractivity contribution is -0.0661. The van der Waals surface area contributed by atoms with Gasteiger partial charge in [0, 0.05) is 26.2 Å². The van der Waals surface area contributed by atoms with Crippen molar-refractivity contribution in [2.75, 3.05) is 57.4 Å². The summed E-state index contributed by atoms with van der Waals surface area (Å²) in [5, 5.41) is 2.98. The van der Waals surface area contributed by atoms with Crippen molar-refractivity contribution >= 4 is 23.0 Å². The predicted molar refractivity (Wildman–Crippen MR) is 119 cm³/mol. The second kappa shape index (κ2) is 8.95. The van der Waals surface area contributed by atoms with Gasteiger partial charge in [0.05, 0.1) is 36.8 Å². The highest BCUT2D eigenvalue weighted by molar-refractivity contribution is 5.93. The van der Waals surface area contributed by atoms with Crippen molar-refractivity contribution in [2.45, 2.75) is 6.04 Å². The van der Waals surface area contributed by atoms with Gasteiger partial charge in [-0.25, -0.2) is 14.3 Å². The summed E-state index contributed by atoms with van der Waals surface area (Å²) in [6.07, 6.45) is 0. The molecule has 0 aliphatic carbocycles. The Labute approximate surface area is 181 Å². The molecule has 0 unspecified atom stereocenters. The molecule has 0 saturated carbocycles. The molecule has 0 radical (unpaired) electrons. The van der Waals surface area contributed by atoms with Crippen LogP contribution in [-0.2, 0) is 4.74 Å². The highest BCUT2D eigenvalue weighted by Crippen LogP contribution is 2.24. The van der Waals surface area contributed by atoms with Gasteiger partial charge in [-0.15, -0.1) is 0 Å². The molecule has 0 spiro atoms. The molecule has 1 N–H and O–H groups in total. The fourth-order valence-corrected chi connectivity index (χ4v) is 4.07. The zero-order valence-corrected chi connectivity index (χ0v) is 17.4. The van der Waals surface area contributed by atoms with Crippen LogP contribution < -0.4 is 15.0 Å². The first-order valence-electron chi connectivity index (χ1n) is 10.8. The maximum Gasteiger partial charge on any atom is 0.329 e. The molecule has 3 heterocycles. The van der Waals surface area contributed by atoms with E-state index in [1.807, 2.05) is 54.6 Å². The Morgan fingerprint density at radius 2 is 1.77 bits per heavy atom. The third-order valence-corrected chi connectivity index (χ3v) is 5.87. The maximum absolute atomic E-state index is 13.1. The van der Waals surface area contributed by atoms with Crippen molar-refractivity contribution in [3.63, 3.8) is 0 Å². The monoisotopic (exact) mass is 421 g/mol. The zero-order valence-electron chi connectivity index (χ0n) is 17.4. The van der Waals surface area contributed by atoms with Gasteiger partial charge in [-0.3, -0.25) is 4.90 Å². The lowest BCUT2D eigenvalue weighted by Gasteiger charge is -2.42. The van der Waals surface area contributed by atoms with Crippen LogP contribution in [0.1, 0.15) is 0 Å². The average molecular weight is 422 g/mol. The van der Waals surface area contributed by atoms with Crippen molar-refractivity contribution < 1.29 is 14.3 Å². The Morgan fingerprint density at radius 3 is 2.52 bits per heavy atom. The van der Waals surface area contributed by atoms with Crippen molar-refractivity contribution in [1.29, 1.82) is 0 Å². The van der Waals surface area contributed by atoms with Crippen molar-refractivity contribution in [2.24, 2.45) is 0 Å². The van der Waals surface area contributed by atoms with E-state index in [0.717, 1.165) is 56.2 Å². The number of nitrogens with zero attached hydrogens (tertiary/aromatic N) is 4. The van der Waals surface area contributed by atoms with Gasteiger partial charge in [0.15, 0.2) is 0 Å². The molecule has 5 rings (SSSR count). The lowest BCUT2D eigenvalue weighted by Crippen LogP contribution is -2.57. The van der Waals surface area contributed by atoms with E-state index in [-0.39, 0.29) is 6.03 Å². The molecular formula is C23H27N5O3. The first kappa shape index (κ1) is 19.8. The second-order valence-electron chi connectivity index (χ2n) is 7.84. The summed E-state index contributed by atoms with van der Waals surface area (Å²) < 4.78 is 12.7. The van der Waals surface area contributed by atoms with Gasteiger partial charge in [0.2, 0.25) is 5.95 Å². The van der Waals surface area contributed by atoms with Crippen LogP contribution in [0.4, 0.5) is 10.7 Å². The molecule has 8 nitrogen and oxygen atoms in total. The molecule has 2 aliphatic heterocycles. The molecule has 0 atom stereocenters. The molecule has 2 aromatic carbocycles. The highest BCUT2D eigenvalue weighted by atomic mass is 16.5. The molecule has 1 amide bonds. The third-order valence-electron chi connectivity index (χ3n) is 5.87. The Bertz CT molecular complexity index is 1030. The summed E-state index contributed by atoms with van der Waals surface area (Å²) in [5.41, 5.74) is 1.64. The molecule has 1 aromatic heterocycles. The van der Waals surface area contributed by atoms with E-state index >= 15 is 0 Å². The van der Waals surface area contributed by atoms with Crippen LogP contribution in [0, 0.1) is 0 Å². The van der Waals surface area contributed by atoms with E-state index in [4.69, 9.17) is 14.5 Å². The minimum absolute atomic E-state index is 0.185. The summed E-state index contributed by atoms with van der Waals surface area (Å²) in [4.78, 5) is 22.6. The first-order chi connectivity index (χ1) is 15.3. The summed E-state index contributed by atoms with van der Waals surface area (Å²) in [6, 6.07) is 17.7. The number of benzene rings is 2.